The van der Waals surface area contributed by atoms with Gasteiger partial charge in [-0.15, -0.1) is 11.3 Å². The monoisotopic (exact) mass is 294 g/mol. The van der Waals surface area contributed by atoms with Crippen molar-refractivity contribution in [1.29, 1.82) is 0 Å². The largest absolute Gasteiger partial charge is 0.307 e. The maximum Gasteiger partial charge on any atom is 0.0305 e. The number of hydrogen-bond acceptors (Lipinski definition) is 3. The summed E-state index contributed by atoms with van der Waals surface area (Å²) in [6.45, 7) is 16.0. The molecule has 0 bridgehead atoms. The van der Waals surface area contributed by atoms with Crippen molar-refractivity contribution < 1.29 is 0 Å². The molecule has 0 aliphatic carbocycles. The van der Waals surface area contributed by atoms with E-state index in [1.165, 1.54) is 28.2 Å². The second-order valence-electron chi connectivity index (χ2n) is 7.75. The van der Waals surface area contributed by atoms with Crippen molar-refractivity contribution in [2.75, 3.05) is 0 Å². The molecule has 2 rings (SSSR count). The fourth-order valence-corrected chi connectivity index (χ4v) is 4.99. The number of piperidine rings is 1. The van der Waals surface area contributed by atoms with Crippen molar-refractivity contribution >= 4 is 11.3 Å². The van der Waals surface area contributed by atoms with Gasteiger partial charge in [-0.2, -0.15) is 0 Å². The number of nitrogens with one attached hydrogen (secondary N) is 2. The smallest absolute Gasteiger partial charge is 0.0305 e. The minimum Gasteiger partial charge on any atom is -0.307 e. The Morgan fingerprint density at radius 2 is 1.75 bits per heavy atom. The van der Waals surface area contributed by atoms with Crippen molar-refractivity contribution in [2.24, 2.45) is 0 Å². The third-order valence-corrected chi connectivity index (χ3v) is 5.20. The molecule has 0 saturated carbocycles. The van der Waals surface area contributed by atoms with Crippen LogP contribution in [0.2, 0.25) is 0 Å². The number of thiophene rings is 1. The van der Waals surface area contributed by atoms with E-state index in [1.54, 1.807) is 0 Å². The quantitative estimate of drug-likeness (QED) is 0.867. The zero-order valence-electron chi connectivity index (χ0n) is 14.1. The molecule has 0 radical (unpaired) electrons. The van der Waals surface area contributed by atoms with E-state index in [9.17, 15) is 0 Å². The third kappa shape index (κ3) is 3.84. The first-order valence-corrected chi connectivity index (χ1v) is 8.52. The van der Waals surface area contributed by atoms with Crippen LogP contribution in [0.1, 0.15) is 68.8 Å². The average molecular weight is 295 g/mol. The van der Waals surface area contributed by atoms with Crippen LogP contribution < -0.4 is 10.6 Å². The molecule has 3 heteroatoms. The van der Waals surface area contributed by atoms with Crippen LogP contribution in [0.15, 0.2) is 6.07 Å². The zero-order valence-corrected chi connectivity index (χ0v) is 14.9. The summed E-state index contributed by atoms with van der Waals surface area (Å²) in [4.78, 5) is 2.87. The van der Waals surface area contributed by atoms with Gasteiger partial charge < -0.3 is 10.6 Å². The molecule has 2 N–H and O–H groups in total. The van der Waals surface area contributed by atoms with Gasteiger partial charge in [-0.25, -0.2) is 0 Å². The van der Waals surface area contributed by atoms with Crippen LogP contribution in [0.25, 0.3) is 0 Å². The second kappa shape index (κ2) is 5.43. The average Bonchev–Trinajstić information content (AvgIpc) is 2.52. The van der Waals surface area contributed by atoms with E-state index in [2.05, 4.69) is 65.2 Å². The Balaban J connectivity index is 2.07. The number of aryl methyl sites for hydroxylation is 2. The van der Waals surface area contributed by atoms with Gasteiger partial charge in [-0.1, -0.05) is 0 Å². The molecule has 1 fully saturated rings. The lowest BCUT2D eigenvalue weighted by molar-refractivity contribution is 0.141. The summed E-state index contributed by atoms with van der Waals surface area (Å²) in [5, 5.41) is 7.62. The molecule has 114 valence electrons. The minimum absolute atomic E-state index is 0.207. The molecule has 0 aromatic carbocycles. The molecule has 1 atom stereocenters. The first kappa shape index (κ1) is 16.0. The van der Waals surface area contributed by atoms with Gasteiger partial charge in [0.1, 0.15) is 0 Å². The molecule has 2 heterocycles. The first-order chi connectivity index (χ1) is 9.08. The Morgan fingerprint density at radius 3 is 2.20 bits per heavy atom. The van der Waals surface area contributed by atoms with Crippen molar-refractivity contribution in [3.63, 3.8) is 0 Å². The second-order valence-corrected chi connectivity index (χ2v) is 9.22. The van der Waals surface area contributed by atoms with Crippen molar-refractivity contribution in [3.05, 3.63) is 21.4 Å². The molecule has 20 heavy (non-hydrogen) atoms. The van der Waals surface area contributed by atoms with Crippen LogP contribution >= 0.6 is 11.3 Å². The molecule has 0 spiro atoms. The highest BCUT2D eigenvalue weighted by Gasteiger charge is 2.38. The maximum absolute atomic E-state index is 3.87. The Morgan fingerprint density at radius 1 is 1.20 bits per heavy atom. The van der Waals surface area contributed by atoms with Crippen molar-refractivity contribution in [1.82, 2.24) is 10.6 Å². The van der Waals surface area contributed by atoms with Gasteiger partial charge in [-0.05, 0) is 72.9 Å². The summed E-state index contributed by atoms with van der Waals surface area (Å²) < 4.78 is 0. The van der Waals surface area contributed by atoms with E-state index < -0.39 is 0 Å². The lowest BCUT2D eigenvalue weighted by Crippen LogP contribution is -2.61. The molecular weight excluding hydrogens is 264 g/mol. The van der Waals surface area contributed by atoms with Gasteiger partial charge in [0.05, 0.1) is 0 Å². The lowest BCUT2D eigenvalue weighted by atomic mass is 9.79. The van der Waals surface area contributed by atoms with Crippen LogP contribution in [0.5, 0.6) is 0 Å². The Labute approximate surface area is 128 Å². The SMILES string of the molecule is Cc1cc(C(C)NC2CC(C)(C)NC(C)(C)C2)c(C)s1. The normalized spacial score (nSPS) is 23.8. The van der Waals surface area contributed by atoms with E-state index in [4.69, 9.17) is 0 Å². The summed E-state index contributed by atoms with van der Waals surface area (Å²) in [5.74, 6) is 0. The standard InChI is InChI=1S/C17H30N2S/c1-11-8-15(13(3)20-11)12(2)18-14-9-16(4,5)19-17(6,7)10-14/h8,12,14,18-19H,9-10H2,1-7H3. The molecule has 1 aliphatic rings. The van der Waals surface area contributed by atoms with Gasteiger partial charge in [0.25, 0.3) is 0 Å². The highest BCUT2D eigenvalue weighted by atomic mass is 32.1. The Bertz CT molecular complexity index is 457. The van der Waals surface area contributed by atoms with Gasteiger partial charge in [0.15, 0.2) is 0 Å². The lowest BCUT2D eigenvalue weighted by Gasteiger charge is -2.47. The Hall–Kier alpha value is -0.380. The van der Waals surface area contributed by atoms with E-state index in [0.29, 0.717) is 12.1 Å². The van der Waals surface area contributed by atoms with E-state index in [-0.39, 0.29) is 11.1 Å². The highest BCUT2D eigenvalue weighted by molar-refractivity contribution is 7.12. The molecule has 1 aromatic rings. The minimum atomic E-state index is 0.207. The first-order valence-electron chi connectivity index (χ1n) is 7.70. The van der Waals surface area contributed by atoms with Gasteiger partial charge >= 0.3 is 0 Å². The van der Waals surface area contributed by atoms with Gasteiger partial charge in [-0.3, -0.25) is 0 Å². The molecular formula is C17H30N2S. The summed E-state index contributed by atoms with van der Waals surface area (Å²) in [6, 6.07) is 3.36. The van der Waals surface area contributed by atoms with Gasteiger partial charge in [0.2, 0.25) is 0 Å². The molecule has 0 amide bonds. The summed E-state index contributed by atoms with van der Waals surface area (Å²) in [7, 11) is 0. The predicted octanol–water partition coefficient (Wildman–Crippen LogP) is 4.32. The summed E-state index contributed by atoms with van der Waals surface area (Å²) >= 11 is 1.91. The Kier molecular flexibility index (Phi) is 4.35. The van der Waals surface area contributed by atoms with Crippen LogP contribution in [0, 0.1) is 13.8 Å². The van der Waals surface area contributed by atoms with Gasteiger partial charge in [0, 0.05) is 32.9 Å². The third-order valence-electron chi connectivity index (χ3n) is 4.22. The summed E-state index contributed by atoms with van der Waals surface area (Å²) in [6.07, 6.45) is 2.37. The highest BCUT2D eigenvalue weighted by Crippen LogP contribution is 2.31. The molecule has 1 saturated heterocycles. The topological polar surface area (TPSA) is 24.1 Å². The predicted molar refractivity (Wildman–Crippen MR) is 89.7 cm³/mol. The molecule has 1 unspecified atom stereocenters. The van der Waals surface area contributed by atoms with Crippen molar-refractivity contribution in [2.45, 2.75) is 84.5 Å². The van der Waals surface area contributed by atoms with E-state index >= 15 is 0 Å². The van der Waals surface area contributed by atoms with E-state index in [1.807, 2.05) is 11.3 Å². The fourth-order valence-electron chi connectivity index (χ4n) is 3.96. The van der Waals surface area contributed by atoms with Crippen molar-refractivity contribution in [3.8, 4) is 0 Å². The van der Waals surface area contributed by atoms with Crippen LogP contribution in [-0.4, -0.2) is 17.1 Å². The maximum atomic E-state index is 3.87. The van der Waals surface area contributed by atoms with Crippen LogP contribution in [0.3, 0.4) is 0 Å². The molecule has 1 aliphatic heterocycles. The molecule has 2 nitrogen and oxygen atoms in total. The summed E-state index contributed by atoms with van der Waals surface area (Å²) in [5.41, 5.74) is 1.89. The fraction of sp³-hybridized carbons (Fsp3) is 0.765. The number of hydrogen-bond donors (Lipinski definition) is 2. The number of rotatable bonds is 3. The van der Waals surface area contributed by atoms with Crippen LogP contribution in [-0.2, 0) is 0 Å². The zero-order chi connectivity index (χ0) is 15.1. The molecule has 1 aromatic heterocycles. The van der Waals surface area contributed by atoms with E-state index in [0.717, 1.165) is 0 Å². The van der Waals surface area contributed by atoms with Crippen LogP contribution in [0.4, 0.5) is 0 Å².